The molecule has 0 aromatic heterocycles. The number of rotatable bonds is 6. The van der Waals surface area contributed by atoms with Crippen molar-refractivity contribution in [1.29, 1.82) is 0 Å². The van der Waals surface area contributed by atoms with Crippen LogP contribution in [0.15, 0.2) is 24.4 Å². The topological polar surface area (TPSA) is 69.0 Å². The minimum absolute atomic E-state index is 0.182. The van der Waals surface area contributed by atoms with E-state index in [9.17, 15) is 0 Å². The first-order chi connectivity index (χ1) is 13.6. The summed E-state index contributed by atoms with van der Waals surface area (Å²) in [6.45, 7) is 10.3. The lowest BCUT2D eigenvalue weighted by atomic mass is 9.84. The molecular formula is C21H30BN3O3. The van der Waals surface area contributed by atoms with Gasteiger partial charge in [0.1, 0.15) is 17.6 Å². The molecule has 4 unspecified atom stereocenters. The van der Waals surface area contributed by atoms with Gasteiger partial charge in [0.2, 0.25) is 0 Å². The van der Waals surface area contributed by atoms with Crippen molar-refractivity contribution in [2.45, 2.75) is 49.8 Å². The van der Waals surface area contributed by atoms with Crippen LogP contribution < -0.4 is 20.4 Å². The van der Waals surface area contributed by atoms with Gasteiger partial charge in [-0.05, 0) is 36.7 Å². The number of fused-ring (bicyclic) bond motifs is 3. The SMILES string of the molecule is C=C(CC1CNC(CN)CO1)N1CC(Oc2ccc3c(c2C)OBC2CC32)C1. The van der Waals surface area contributed by atoms with Crippen LogP contribution in [-0.4, -0.2) is 63.4 Å². The third-order valence-electron chi connectivity index (χ3n) is 6.65. The van der Waals surface area contributed by atoms with Gasteiger partial charge in [0.15, 0.2) is 0 Å². The molecule has 3 N–H and O–H groups in total. The van der Waals surface area contributed by atoms with Crippen LogP contribution in [0.3, 0.4) is 0 Å². The number of nitrogens with zero attached hydrogens (tertiary/aromatic N) is 1. The van der Waals surface area contributed by atoms with E-state index in [-0.39, 0.29) is 18.2 Å². The van der Waals surface area contributed by atoms with Crippen molar-refractivity contribution in [2.24, 2.45) is 5.73 Å². The standard InChI is InChI=1S/C21H30BN3O3/c1-12(5-15-8-24-14(7-23)11-26-15)25-9-16(10-25)27-20-4-3-17-18-6-19(18)22-28-21(17)13(20)2/h3-4,14-16,18-19,22,24H,1,5-11,23H2,2H3. The number of nitrogens with two attached hydrogens (primary N) is 1. The molecule has 4 aliphatic rings. The van der Waals surface area contributed by atoms with Crippen molar-refractivity contribution >= 4 is 7.48 Å². The van der Waals surface area contributed by atoms with Crippen LogP contribution in [-0.2, 0) is 4.74 Å². The van der Waals surface area contributed by atoms with Gasteiger partial charge in [-0.3, -0.25) is 0 Å². The predicted octanol–water partition coefficient (Wildman–Crippen LogP) is 1.30. The summed E-state index contributed by atoms with van der Waals surface area (Å²) in [5.74, 6) is 3.49. The molecule has 3 aliphatic heterocycles. The Morgan fingerprint density at radius 3 is 3.04 bits per heavy atom. The molecule has 1 aliphatic carbocycles. The van der Waals surface area contributed by atoms with Gasteiger partial charge in [-0.1, -0.05) is 12.6 Å². The molecular weight excluding hydrogens is 353 g/mol. The molecule has 1 saturated carbocycles. The van der Waals surface area contributed by atoms with E-state index in [0.29, 0.717) is 13.2 Å². The molecule has 0 bridgehead atoms. The Balaban J connectivity index is 1.11. The molecule has 28 heavy (non-hydrogen) atoms. The summed E-state index contributed by atoms with van der Waals surface area (Å²) in [5, 5.41) is 3.43. The molecule has 2 saturated heterocycles. The van der Waals surface area contributed by atoms with Crippen molar-refractivity contribution in [3.63, 3.8) is 0 Å². The highest BCUT2D eigenvalue weighted by Crippen LogP contribution is 2.58. The maximum Gasteiger partial charge on any atom is 0.343 e. The monoisotopic (exact) mass is 383 g/mol. The van der Waals surface area contributed by atoms with Gasteiger partial charge in [0.25, 0.3) is 0 Å². The van der Waals surface area contributed by atoms with E-state index in [1.54, 1.807) is 0 Å². The van der Waals surface area contributed by atoms with Crippen molar-refractivity contribution in [1.82, 2.24) is 10.2 Å². The van der Waals surface area contributed by atoms with Gasteiger partial charge in [-0.25, -0.2) is 0 Å². The summed E-state index contributed by atoms with van der Waals surface area (Å²) in [7, 11) is 0.864. The van der Waals surface area contributed by atoms with E-state index in [2.05, 4.69) is 35.9 Å². The Morgan fingerprint density at radius 1 is 1.43 bits per heavy atom. The van der Waals surface area contributed by atoms with Gasteiger partial charge in [-0.15, -0.1) is 0 Å². The lowest BCUT2D eigenvalue weighted by Gasteiger charge is -2.43. The van der Waals surface area contributed by atoms with Crippen LogP contribution in [0.2, 0.25) is 5.82 Å². The maximum atomic E-state index is 6.27. The van der Waals surface area contributed by atoms with Crippen LogP contribution in [0.4, 0.5) is 0 Å². The average Bonchev–Trinajstić information content (AvgIpc) is 3.46. The van der Waals surface area contributed by atoms with Gasteiger partial charge in [0.05, 0.1) is 25.8 Å². The fourth-order valence-corrected chi connectivity index (χ4v) is 4.60. The first kappa shape index (κ1) is 18.3. The van der Waals surface area contributed by atoms with Crippen LogP contribution in [0.1, 0.15) is 29.9 Å². The smallest absolute Gasteiger partial charge is 0.343 e. The molecule has 3 heterocycles. The fraction of sp³-hybridized carbons (Fsp3) is 0.619. The minimum Gasteiger partial charge on any atom is -0.564 e. The van der Waals surface area contributed by atoms with Crippen molar-refractivity contribution in [3.05, 3.63) is 35.5 Å². The molecule has 6 nitrogen and oxygen atoms in total. The number of benzene rings is 1. The number of likely N-dealkylation sites (tertiary alicyclic amines) is 1. The number of ether oxygens (including phenoxy) is 2. The zero-order valence-corrected chi connectivity index (χ0v) is 16.7. The molecule has 1 aromatic rings. The van der Waals surface area contributed by atoms with E-state index in [1.165, 1.54) is 12.0 Å². The zero-order chi connectivity index (χ0) is 19.3. The molecule has 4 atom stereocenters. The predicted molar refractivity (Wildman–Crippen MR) is 110 cm³/mol. The van der Waals surface area contributed by atoms with Crippen LogP contribution in [0.5, 0.6) is 11.5 Å². The van der Waals surface area contributed by atoms with E-state index >= 15 is 0 Å². The molecule has 0 amide bonds. The normalized spacial score (nSPS) is 31.0. The van der Waals surface area contributed by atoms with Crippen molar-refractivity contribution < 1.29 is 14.1 Å². The zero-order valence-electron chi connectivity index (χ0n) is 16.7. The molecule has 3 fully saturated rings. The highest BCUT2D eigenvalue weighted by molar-refractivity contribution is 6.33. The lowest BCUT2D eigenvalue weighted by Crippen LogP contribution is -2.54. The Morgan fingerprint density at radius 2 is 2.29 bits per heavy atom. The number of morpholine rings is 1. The highest BCUT2D eigenvalue weighted by atomic mass is 16.5. The van der Waals surface area contributed by atoms with E-state index in [4.69, 9.17) is 19.9 Å². The molecule has 5 rings (SSSR count). The molecule has 150 valence electrons. The summed E-state index contributed by atoms with van der Waals surface area (Å²) in [4.78, 5) is 2.29. The number of hydrogen-bond acceptors (Lipinski definition) is 6. The summed E-state index contributed by atoms with van der Waals surface area (Å²) in [5.41, 5.74) is 9.33. The van der Waals surface area contributed by atoms with Gasteiger partial charge in [-0.2, -0.15) is 0 Å². The van der Waals surface area contributed by atoms with Crippen LogP contribution in [0, 0.1) is 6.92 Å². The molecule has 7 heteroatoms. The number of nitrogens with one attached hydrogen (secondary N) is 1. The summed E-state index contributed by atoms with van der Waals surface area (Å²) in [6.07, 6.45) is 2.52. The first-order valence-corrected chi connectivity index (χ1v) is 10.5. The third kappa shape index (κ3) is 3.40. The van der Waals surface area contributed by atoms with Crippen molar-refractivity contribution in [3.8, 4) is 11.5 Å². The second-order valence-corrected chi connectivity index (χ2v) is 8.73. The Hall–Kier alpha value is -1.70. The largest absolute Gasteiger partial charge is 0.564 e. The van der Waals surface area contributed by atoms with Crippen LogP contribution in [0.25, 0.3) is 0 Å². The molecule has 1 aromatic carbocycles. The molecule has 0 radical (unpaired) electrons. The fourth-order valence-electron chi connectivity index (χ4n) is 4.60. The van der Waals surface area contributed by atoms with Gasteiger partial charge in [0, 0.05) is 36.8 Å². The van der Waals surface area contributed by atoms with E-state index in [0.717, 1.165) is 68.0 Å². The second-order valence-electron chi connectivity index (χ2n) is 8.73. The Labute approximate surface area is 167 Å². The van der Waals surface area contributed by atoms with Gasteiger partial charge < -0.3 is 30.1 Å². The summed E-state index contributed by atoms with van der Waals surface area (Å²) in [6, 6.07) is 4.62. The quantitative estimate of drug-likeness (QED) is 0.722. The first-order valence-electron chi connectivity index (χ1n) is 10.5. The van der Waals surface area contributed by atoms with E-state index in [1.807, 2.05) is 0 Å². The third-order valence-corrected chi connectivity index (χ3v) is 6.65. The lowest BCUT2D eigenvalue weighted by molar-refractivity contribution is -0.00690. The van der Waals surface area contributed by atoms with E-state index < -0.39 is 0 Å². The second kappa shape index (κ2) is 7.28. The van der Waals surface area contributed by atoms with Gasteiger partial charge >= 0.3 is 7.48 Å². The minimum atomic E-state index is 0.182. The maximum absolute atomic E-state index is 6.27. The highest BCUT2D eigenvalue weighted by Gasteiger charge is 2.45. The van der Waals surface area contributed by atoms with Crippen LogP contribution >= 0.6 is 0 Å². The summed E-state index contributed by atoms with van der Waals surface area (Å²) >= 11 is 0. The number of hydrogen-bond donors (Lipinski definition) is 2. The Kier molecular flexibility index (Phi) is 4.77. The summed E-state index contributed by atoms with van der Waals surface area (Å²) < 4.78 is 18.2. The molecule has 0 spiro atoms. The average molecular weight is 383 g/mol. The van der Waals surface area contributed by atoms with Crippen molar-refractivity contribution in [2.75, 3.05) is 32.8 Å². The Bertz CT molecular complexity index is 760.